The van der Waals surface area contributed by atoms with Crippen molar-refractivity contribution in [3.63, 3.8) is 0 Å². The summed E-state index contributed by atoms with van der Waals surface area (Å²) in [7, 11) is 0. The maximum atomic E-state index is 7.41. The molecule has 1 aliphatic heterocycles. The molecule has 0 spiro atoms. The minimum absolute atomic E-state index is 0.00337. The molecule has 4 heteroatoms. The number of hydrogen-bond acceptors (Lipinski definition) is 3. The van der Waals surface area contributed by atoms with Gasteiger partial charge in [0.15, 0.2) is 0 Å². The Balaban J connectivity index is 2.02. The third-order valence-electron chi connectivity index (χ3n) is 3.83. The highest BCUT2D eigenvalue weighted by Gasteiger charge is 2.24. The van der Waals surface area contributed by atoms with Gasteiger partial charge in [-0.1, -0.05) is 18.2 Å². The fraction of sp³-hybridized carbons (Fsp3) is 0.250. The highest BCUT2D eigenvalue weighted by molar-refractivity contribution is 5.93. The van der Waals surface area contributed by atoms with Gasteiger partial charge in [0.25, 0.3) is 0 Å². The Hall–Kier alpha value is -2.36. The summed E-state index contributed by atoms with van der Waals surface area (Å²) in [6.45, 7) is 2.23. The second-order valence-corrected chi connectivity index (χ2v) is 5.20. The van der Waals surface area contributed by atoms with E-state index in [1.165, 1.54) is 11.3 Å². The summed E-state index contributed by atoms with van der Waals surface area (Å²) < 4.78 is 0. The summed E-state index contributed by atoms with van der Waals surface area (Å²) in [6.07, 6.45) is 4.05. The number of nitrogens with one attached hydrogen (secondary N) is 1. The van der Waals surface area contributed by atoms with Gasteiger partial charge in [0.1, 0.15) is 11.5 Å². The van der Waals surface area contributed by atoms with Crippen molar-refractivity contribution in [3.8, 4) is 0 Å². The largest absolute Gasteiger partial charge is 0.382 e. The monoisotopic (exact) mass is 266 g/mol. The highest BCUT2D eigenvalue weighted by atomic mass is 15.2. The second kappa shape index (κ2) is 4.96. The van der Waals surface area contributed by atoms with Crippen LogP contribution in [-0.4, -0.2) is 16.9 Å². The first-order valence-electron chi connectivity index (χ1n) is 6.84. The third-order valence-corrected chi connectivity index (χ3v) is 3.83. The molecule has 2 heterocycles. The molecule has 20 heavy (non-hydrogen) atoms. The van der Waals surface area contributed by atoms with E-state index in [-0.39, 0.29) is 5.84 Å². The van der Waals surface area contributed by atoms with E-state index < -0.39 is 0 Å². The Morgan fingerprint density at radius 3 is 2.80 bits per heavy atom. The fourth-order valence-corrected chi connectivity index (χ4v) is 2.77. The van der Waals surface area contributed by atoms with E-state index in [9.17, 15) is 0 Å². The Morgan fingerprint density at radius 2 is 2.10 bits per heavy atom. The smallest absolute Gasteiger partial charge is 0.141 e. The van der Waals surface area contributed by atoms with E-state index in [1.54, 1.807) is 6.20 Å². The number of nitrogens with two attached hydrogens (primary N) is 1. The standard InChI is InChI=1S/C16H18N4/c1-11-6-7-12-4-2-3-5-15(12)20(11)13-8-9-14(16(17)18)19-10-13/h2-5,8-11H,6-7H2,1H3,(H3,17,18). The molecule has 1 aromatic carbocycles. The minimum atomic E-state index is 0.00337. The lowest BCUT2D eigenvalue weighted by Gasteiger charge is -2.37. The van der Waals surface area contributed by atoms with Crippen molar-refractivity contribution in [1.82, 2.24) is 4.98 Å². The van der Waals surface area contributed by atoms with Crippen LogP contribution in [0.25, 0.3) is 0 Å². The lowest BCUT2D eigenvalue weighted by molar-refractivity contribution is 0.617. The van der Waals surface area contributed by atoms with Crippen molar-refractivity contribution in [2.75, 3.05) is 4.90 Å². The van der Waals surface area contributed by atoms with Crippen molar-refractivity contribution in [2.45, 2.75) is 25.8 Å². The van der Waals surface area contributed by atoms with Crippen LogP contribution in [0.5, 0.6) is 0 Å². The fourth-order valence-electron chi connectivity index (χ4n) is 2.77. The summed E-state index contributed by atoms with van der Waals surface area (Å²) in [4.78, 5) is 6.58. The molecule has 0 amide bonds. The van der Waals surface area contributed by atoms with Crippen LogP contribution in [0.4, 0.5) is 11.4 Å². The van der Waals surface area contributed by atoms with Gasteiger partial charge < -0.3 is 10.6 Å². The van der Waals surface area contributed by atoms with Crippen LogP contribution in [-0.2, 0) is 6.42 Å². The molecular formula is C16H18N4. The van der Waals surface area contributed by atoms with Gasteiger partial charge in [-0.05, 0) is 43.5 Å². The number of fused-ring (bicyclic) bond motifs is 1. The maximum absolute atomic E-state index is 7.41. The molecule has 0 saturated heterocycles. The van der Waals surface area contributed by atoms with Crippen molar-refractivity contribution in [3.05, 3.63) is 53.9 Å². The molecule has 102 valence electrons. The van der Waals surface area contributed by atoms with Gasteiger partial charge in [0, 0.05) is 11.7 Å². The Kier molecular flexibility index (Phi) is 3.14. The topological polar surface area (TPSA) is 66.0 Å². The second-order valence-electron chi connectivity index (χ2n) is 5.20. The van der Waals surface area contributed by atoms with Crippen LogP contribution in [0, 0.1) is 5.41 Å². The van der Waals surface area contributed by atoms with E-state index in [4.69, 9.17) is 11.1 Å². The number of pyridine rings is 1. The zero-order valence-electron chi connectivity index (χ0n) is 11.5. The SMILES string of the molecule is CC1CCc2ccccc2N1c1ccc(C(=N)N)nc1. The predicted octanol–water partition coefficient (Wildman–Crippen LogP) is 2.84. The first-order chi connectivity index (χ1) is 9.66. The normalized spacial score (nSPS) is 17.6. The van der Waals surface area contributed by atoms with E-state index in [1.807, 2.05) is 12.1 Å². The lowest BCUT2D eigenvalue weighted by Crippen LogP contribution is -2.33. The van der Waals surface area contributed by atoms with E-state index in [2.05, 4.69) is 41.1 Å². The van der Waals surface area contributed by atoms with Gasteiger partial charge in [-0.25, -0.2) is 0 Å². The zero-order chi connectivity index (χ0) is 14.1. The molecule has 0 fully saturated rings. The number of aromatic nitrogens is 1. The first kappa shape index (κ1) is 12.7. The van der Waals surface area contributed by atoms with Crippen molar-refractivity contribution >= 4 is 17.2 Å². The molecule has 0 bridgehead atoms. The van der Waals surface area contributed by atoms with Crippen LogP contribution in [0.1, 0.15) is 24.6 Å². The number of anilines is 2. The zero-order valence-corrected chi connectivity index (χ0v) is 11.5. The van der Waals surface area contributed by atoms with Crippen LogP contribution in [0.2, 0.25) is 0 Å². The van der Waals surface area contributed by atoms with Crippen molar-refractivity contribution in [2.24, 2.45) is 5.73 Å². The summed E-state index contributed by atoms with van der Waals surface area (Å²) >= 11 is 0. The highest BCUT2D eigenvalue weighted by Crippen LogP contribution is 2.36. The Bertz CT molecular complexity index is 633. The predicted molar refractivity (Wildman–Crippen MR) is 81.6 cm³/mol. The number of benzene rings is 1. The Labute approximate surface area is 118 Å². The molecule has 0 radical (unpaired) electrons. The number of hydrogen-bond donors (Lipinski definition) is 2. The van der Waals surface area contributed by atoms with E-state index in [0.29, 0.717) is 11.7 Å². The quantitative estimate of drug-likeness (QED) is 0.649. The first-order valence-corrected chi connectivity index (χ1v) is 6.84. The molecular weight excluding hydrogens is 248 g/mol. The molecule has 0 aliphatic carbocycles. The average molecular weight is 266 g/mol. The van der Waals surface area contributed by atoms with Gasteiger partial charge in [-0.3, -0.25) is 10.4 Å². The van der Waals surface area contributed by atoms with E-state index >= 15 is 0 Å². The van der Waals surface area contributed by atoms with Crippen molar-refractivity contribution in [1.29, 1.82) is 5.41 Å². The van der Waals surface area contributed by atoms with Crippen LogP contribution in [0.15, 0.2) is 42.6 Å². The van der Waals surface area contributed by atoms with Crippen LogP contribution < -0.4 is 10.6 Å². The van der Waals surface area contributed by atoms with Crippen LogP contribution in [0.3, 0.4) is 0 Å². The average Bonchev–Trinajstić information content (AvgIpc) is 2.47. The third kappa shape index (κ3) is 2.13. The molecule has 0 saturated carbocycles. The summed E-state index contributed by atoms with van der Waals surface area (Å²) in [5, 5.41) is 7.41. The maximum Gasteiger partial charge on any atom is 0.141 e. The lowest BCUT2D eigenvalue weighted by atomic mass is 9.96. The number of aryl methyl sites for hydroxylation is 1. The summed E-state index contributed by atoms with van der Waals surface area (Å²) in [5.74, 6) is 0.00337. The molecule has 1 aliphatic rings. The molecule has 2 aromatic rings. The molecule has 3 N–H and O–H groups in total. The molecule has 1 atom stereocenters. The summed E-state index contributed by atoms with van der Waals surface area (Å²) in [5.41, 5.74) is 9.65. The molecule has 3 rings (SSSR count). The minimum Gasteiger partial charge on any atom is -0.382 e. The van der Waals surface area contributed by atoms with Gasteiger partial charge in [-0.15, -0.1) is 0 Å². The summed E-state index contributed by atoms with van der Waals surface area (Å²) in [6, 6.07) is 12.7. The van der Waals surface area contributed by atoms with Gasteiger partial charge >= 0.3 is 0 Å². The van der Waals surface area contributed by atoms with Crippen molar-refractivity contribution < 1.29 is 0 Å². The van der Waals surface area contributed by atoms with Gasteiger partial charge in [0.05, 0.1) is 11.9 Å². The van der Waals surface area contributed by atoms with Crippen LogP contribution >= 0.6 is 0 Å². The molecule has 1 aromatic heterocycles. The van der Waals surface area contributed by atoms with E-state index in [0.717, 1.165) is 18.5 Å². The van der Waals surface area contributed by atoms with Gasteiger partial charge in [-0.2, -0.15) is 0 Å². The number of nitrogen functional groups attached to an aromatic ring is 1. The molecule has 4 nitrogen and oxygen atoms in total. The van der Waals surface area contributed by atoms with Gasteiger partial charge in [0.2, 0.25) is 0 Å². The number of amidine groups is 1. The number of nitrogens with zero attached hydrogens (tertiary/aromatic N) is 2. The Morgan fingerprint density at radius 1 is 1.30 bits per heavy atom. The molecule has 1 unspecified atom stereocenters. The number of para-hydroxylation sites is 1. The number of rotatable bonds is 2.